The number of nitrogens with one attached hydrogen (secondary N) is 1. The molecule has 724 valence electrons. The Bertz CT molecular complexity index is 7230. The molecule has 3 aliphatic heterocycles. The fraction of sp³-hybridized carbons (Fsp3) is 0.284. The molecule has 0 bridgehead atoms. The lowest BCUT2D eigenvalue weighted by Gasteiger charge is -2.42. The van der Waals surface area contributed by atoms with Crippen molar-refractivity contribution in [3.8, 4) is 40.2 Å². The second-order valence-electron chi connectivity index (χ2n) is 33.9. The summed E-state index contributed by atoms with van der Waals surface area (Å²) in [6.45, 7) is 33.9. The first kappa shape index (κ1) is 99.2. The third kappa shape index (κ3) is 25.0. The Morgan fingerprint density at radius 3 is 1.21 bits per heavy atom. The van der Waals surface area contributed by atoms with E-state index in [2.05, 4.69) is 179 Å². The van der Waals surface area contributed by atoms with Crippen LogP contribution < -0.4 is 54.2 Å². The maximum atomic E-state index is 10.9. The molecule has 21 rings (SSSR count). The number of methoxy groups -OCH3 is 1. The summed E-state index contributed by atoms with van der Waals surface area (Å²) in [5.41, 5.74) is 19.7. The smallest absolute Gasteiger partial charge is 0.299 e. The van der Waals surface area contributed by atoms with Crippen molar-refractivity contribution in [2.24, 2.45) is 7.05 Å². The van der Waals surface area contributed by atoms with Crippen LogP contribution in [0, 0.1) is 36.9 Å². The van der Waals surface area contributed by atoms with E-state index in [1.807, 2.05) is 95.7 Å². The van der Waals surface area contributed by atoms with Gasteiger partial charge in [0.1, 0.15) is 56.8 Å². The van der Waals surface area contributed by atoms with Crippen molar-refractivity contribution in [2.75, 3.05) is 139 Å². The molecule has 0 amide bonds. The predicted octanol–water partition coefficient (Wildman–Crippen LogP) is 21.3. The number of phenols is 1. The molecule has 4 N–H and O–H groups in total. The minimum absolute atomic E-state index is 0.0263. The number of non-ortho nitro benzene ring substituents is 3. The van der Waals surface area contributed by atoms with E-state index in [1.165, 1.54) is 109 Å². The summed E-state index contributed by atoms with van der Waals surface area (Å²) in [5, 5.41) is 52.6. The van der Waals surface area contributed by atoms with Crippen LogP contribution in [0.3, 0.4) is 0 Å². The van der Waals surface area contributed by atoms with Crippen LogP contribution in [0.2, 0.25) is 0 Å². The number of hydrogen-bond donors (Lipinski definition) is 3. The van der Waals surface area contributed by atoms with Crippen LogP contribution in [-0.2, 0) is 13.6 Å². The molecule has 32 heteroatoms. The Kier molecular flexibility index (Phi) is 33.9. The Morgan fingerprint density at radius 2 is 0.787 bits per heavy atom. The van der Waals surface area contributed by atoms with E-state index >= 15 is 0 Å². The fourth-order valence-corrected chi connectivity index (χ4v) is 18.4. The number of aromatic nitrogens is 8. The number of phenolic OH excluding ortho intramolecular Hbond substituents is 1. The van der Waals surface area contributed by atoms with Gasteiger partial charge in [0.25, 0.3) is 17.1 Å². The molecule has 17 aromatic rings. The molecule has 32 nitrogen and oxygen atoms in total. The molecule has 1 aliphatic carbocycles. The number of nitrogens with zero attached hydrogens (tertiary/aromatic N) is 17. The van der Waals surface area contributed by atoms with E-state index in [4.69, 9.17) is 45.7 Å². The third-order valence-corrected chi connectivity index (χ3v) is 24.9. The van der Waals surface area contributed by atoms with Gasteiger partial charge in [0.2, 0.25) is 0 Å². The highest BCUT2D eigenvalue weighted by Gasteiger charge is 2.32. The molecular formula is C109H115N19O13. The fourth-order valence-electron chi connectivity index (χ4n) is 18.4. The highest BCUT2D eigenvalue weighted by atomic mass is 16.6. The Morgan fingerprint density at radius 1 is 0.418 bits per heavy atom. The Labute approximate surface area is 817 Å². The summed E-state index contributed by atoms with van der Waals surface area (Å²) in [5.74, 6) is 4.99. The van der Waals surface area contributed by atoms with Crippen LogP contribution >= 0.6 is 0 Å². The van der Waals surface area contributed by atoms with Gasteiger partial charge in [0, 0.05) is 215 Å². The highest BCUT2D eigenvalue weighted by Crippen LogP contribution is 2.43. The maximum Gasteiger partial charge on any atom is 0.299 e. The first-order chi connectivity index (χ1) is 68.8. The van der Waals surface area contributed by atoms with Crippen molar-refractivity contribution < 1.29 is 48.3 Å². The van der Waals surface area contributed by atoms with Gasteiger partial charge in [-0.25, -0.2) is 19.8 Å². The standard InChI is InChI=1S/C31H35N5O.C22H25N3O.C15H19N3O.C11H10N2O3.C11H12N2O.C10H8N2O3.C9H6N2O3/c1-4-37-26-18-23-6-5-13-33-31(23)30(20-26)36-16-14-35(15-17-36)25-10-7-22(8-11-25)28-21-34(3)29-12-9-24(32-2)19-27(28)29;1-2-26-20-15-19-9-6-10-23-22(19)21(16-20)25-13-11-24(12-14-25)17-18-7-4-3-5-8-18;1-2-19-13-10-12-4-3-5-17-15(12)14(11-13)18-8-6-16-7-9-18;1-2-16-9-6-8-4-3-5-12-11(8)10(7-9)13(14)15;1-2-14-9-6-8-4-3-5-13-11(8)10(12)7-9;1-15-8-5-7-3-2-4-11-10(7)9(6-8)12(13)14;12-7-4-6-2-1-3-10-9(6)8(5-7)11(13)14/h5-6,9,12-13,18-22,25H,4,7-8,10-11,14-17H2,1,3H3;3-10,15-16H,2,11-14,17H2,1H3;3-5,10-11,16H,2,6-9H2,1H3;3-7H,2H2,1H3;3-7H,2,12H2,1H3;2-6H,1H3;1-5,12H. The van der Waals surface area contributed by atoms with Gasteiger partial charge in [-0.1, -0.05) is 78.9 Å². The molecule has 8 aromatic heterocycles. The second-order valence-corrected chi connectivity index (χ2v) is 33.9. The number of fused-ring (bicyclic) bond motifs is 8. The van der Waals surface area contributed by atoms with E-state index in [-0.39, 0.29) is 28.3 Å². The first-order valence-electron chi connectivity index (χ1n) is 47.5. The van der Waals surface area contributed by atoms with Crippen molar-refractivity contribution >= 4 is 133 Å². The monoisotopic (exact) mass is 1900 g/mol. The van der Waals surface area contributed by atoms with Gasteiger partial charge < -0.3 is 63.8 Å². The zero-order valence-corrected chi connectivity index (χ0v) is 80.1. The van der Waals surface area contributed by atoms with E-state index < -0.39 is 14.8 Å². The molecule has 1 saturated carbocycles. The molecule has 4 aliphatic rings. The van der Waals surface area contributed by atoms with Crippen LogP contribution in [0.25, 0.3) is 92.1 Å². The van der Waals surface area contributed by atoms with Crippen LogP contribution in [-0.4, -0.2) is 194 Å². The SMILES string of the molecule is CCOc1cc(N)c2ncccc2c1.CCOc1cc(N2CCN(Cc3ccccc3)CC2)c2ncccc2c1.CCOc1cc(N2CCNCC2)c2ncccc2c1.CCOc1cc([N+](=O)[O-])c2ncccc2c1.COc1cc([N+](=O)[O-])c2ncccc2c1.O=[N+]([O-])c1cc(O)cc2cccnc12.[C-]#[N+]c1ccc2c(c1)c(C1CCC(N3CCN(c4cc(OCC)cc5cccnc45)CC3)CC1)cn2C. The molecular weight excluding hydrogens is 1780 g/mol. The molecule has 0 atom stereocenters. The lowest BCUT2D eigenvalue weighted by atomic mass is 9.81. The molecule has 141 heavy (non-hydrogen) atoms. The Hall–Kier alpha value is -16.2. The van der Waals surface area contributed by atoms with E-state index in [9.17, 15) is 35.4 Å². The number of ether oxygens (including phenoxy) is 6. The van der Waals surface area contributed by atoms with Crippen LogP contribution in [0.5, 0.6) is 40.2 Å². The molecule has 0 spiro atoms. The zero-order valence-electron chi connectivity index (χ0n) is 80.1. The number of aryl methyl sites for hydroxylation is 1. The lowest BCUT2D eigenvalue weighted by Crippen LogP contribution is -2.51. The van der Waals surface area contributed by atoms with Gasteiger partial charge in [-0.3, -0.25) is 60.1 Å². The highest BCUT2D eigenvalue weighted by molar-refractivity contribution is 5.97. The summed E-state index contributed by atoms with van der Waals surface area (Å²) in [6.07, 6.45) is 19.1. The number of anilines is 4. The molecule has 4 fully saturated rings. The molecule has 9 aromatic carbocycles. The van der Waals surface area contributed by atoms with Crippen LogP contribution in [0.4, 0.5) is 45.5 Å². The molecule has 3 saturated heterocycles. The number of benzene rings is 9. The number of piperazine rings is 3. The minimum atomic E-state index is -0.560. The first-order valence-corrected chi connectivity index (χ1v) is 47.5. The summed E-state index contributed by atoms with van der Waals surface area (Å²) in [6, 6.07) is 69.2. The van der Waals surface area contributed by atoms with Gasteiger partial charge in [-0.15, -0.1) is 0 Å². The number of aromatic hydroxyl groups is 1. The minimum Gasteiger partial charge on any atom is -0.508 e. The van der Waals surface area contributed by atoms with Crippen molar-refractivity contribution in [2.45, 2.75) is 78.8 Å². The number of rotatable bonds is 21. The van der Waals surface area contributed by atoms with Gasteiger partial charge in [-0.05, 0) is 180 Å². The topological polar surface area (TPSA) is 359 Å². The number of hydrogen-bond acceptors (Lipinski definition) is 27. The molecule has 0 unspecified atom stereocenters. The quantitative estimate of drug-likeness (QED) is 0.0260. The lowest BCUT2D eigenvalue weighted by molar-refractivity contribution is -0.383. The van der Waals surface area contributed by atoms with Crippen LogP contribution in [0.1, 0.15) is 77.3 Å². The van der Waals surface area contributed by atoms with Gasteiger partial charge in [-0.2, -0.15) is 0 Å². The van der Waals surface area contributed by atoms with Crippen LogP contribution in [0.15, 0.2) is 268 Å². The van der Waals surface area contributed by atoms with Crippen molar-refractivity contribution in [3.05, 3.63) is 321 Å². The number of nitrogens with two attached hydrogens (primary N) is 1. The average molecular weight is 1900 g/mol. The summed E-state index contributed by atoms with van der Waals surface area (Å²) >= 11 is 0. The predicted molar refractivity (Wildman–Crippen MR) is 558 cm³/mol. The summed E-state index contributed by atoms with van der Waals surface area (Å²) < 4.78 is 35.2. The van der Waals surface area contributed by atoms with Gasteiger partial charge >= 0.3 is 0 Å². The van der Waals surface area contributed by atoms with E-state index in [1.54, 1.807) is 60.8 Å². The normalized spacial score (nSPS) is 14.7. The number of nitro benzene ring substituents is 3. The zero-order chi connectivity index (χ0) is 98.7. The average Bonchev–Trinajstić information content (AvgIpc) is 1.75. The number of nitro groups is 3. The summed E-state index contributed by atoms with van der Waals surface area (Å²) in [7, 11) is 3.60. The number of nitrogen functional groups attached to an aromatic ring is 1. The maximum absolute atomic E-state index is 10.9. The third-order valence-electron chi connectivity index (χ3n) is 24.9. The molecule has 11 heterocycles. The second kappa shape index (κ2) is 48.2. The van der Waals surface area contributed by atoms with Crippen molar-refractivity contribution in [3.63, 3.8) is 0 Å². The van der Waals surface area contributed by atoms with Crippen molar-refractivity contribution in [1.29, 1.82) is 0 Å². The molecule has 0 radical (unpaired) electrons. The largest absolute Gasteiger partial charge is 0.508 e. The van der Waals surface area contributed by atoms with Crippen molar-refractivity contribution in [1.82, 2.24) is 54.6 Å². The Balaban J connectivity index is 0.000000129. The summed E-state index contributed by atoms with van der Waals surface area (Å²) in [4.78, 5) is 77.0. The van der Waals surface area contributed by atoms with Gasteiger partial charge in [0.05, 0.1) is 125 Å². The number of pyridine rings is 7. The van der Waals surface area contributed by atoms with Gasteiger partial charge in [0.15, 0.2) is 5.69 Å². The van der Waals surface area contributed by atoms with E-state index in [0.717, 1.165) is 163 Å². The van der Waals surface area contributed by atoms with E-state index in [0.29, 0.717) is 89.4 Å².